The molecular formula is C28H24ClF3N2O2. The Labute approximate surface area is 212 Å². The molecule has 1 aromatic heterocycles. The molecule has 0 saturated carbocycles. The van der Waals surface area contributed by atoms with Gasteiger partial charge >= 0.3 is 6.18 Å². The van der Waals surface area contributed by atoms with E-state index in [0.717, 1.165) is 28.8 Å². The molecule has 36 heavy (non-hydrogen) atoms. The average Bonchev–Trinajstić information content (AvgIpc) is 2.84. The summed E-state index contributed by atoms with van der Waals surface area (Å²) in [6.45, 7) is 4.02. The third kappa shape index (κ3) is 5.79. The van der Waals surface area contributed by atoms with E-state index in [2.05, 4.69) is 16.4 Å². The van der Waals surface area contributed by atoms with E-state index >= 15 is 0 Å². The molecule has 4 nitrogen and oxygen atoms in total. The van der Waals surface area contributed by atoms with Crippen LogP contribution in [0.15, 0.2) is 72.9 Å². The van der Waals surface area contributed by atoms with Gasteiger partial charge in [0.2, 0.25) is 0 Å². The van der Waals surface area contributed by atoms with Gasteiger partial charge in [-0.05, 0) is 55.7 Å². The molecule has 0 bridgehead atoms. The first-order chi connectivity index (χ1) is 17.2. The largest absolute Gasteiger partial charge is 0.455 e. The highest BCUT2D eigenvalue weighted by Gasteiger charge is 2.31. The first-order valence-electron chi connectivity index (χ1n) is 11.3. The summed E-state index contributed by atoms with van der Waals surface area (Å²) in [7, 11) is 0. The molecule has 1 amide bonds. The molecule has 0 aliphatic heterocycles. The van der Waals surface area contributed by atoms with Crippen LogP contribution in [-0.2, 0) is 12.6 Å². The number of aryl methyl sites for hydroxylation is 2. The first kappa shape index (κ1) is 25.5. The molecule has 0 saturated heterocycles. The highest BCUT2D eigenvalue weighted by molar-refractivity contribution is 6.18. The number of amides is 1. The van der Waals surface area contributed by atoms with Crippen LogP contribution in [0.1, 0.15) is 32.6 Å². The fraction of sp³-hybridized carbons (Fsp3) is 0.214. The lowest BCUT2D eigenvalue weighted by Crippen LogP contribution is -2.38. The van der Waals surface area contributed by atoms with E-state index in [1.807, 2.05) is 26.0 Å². The molecule has 1 heterocycles. The van der Waals surface area contributed by atoms with E-state index in [9.17, 15) is 18.0 Å². The molecule has 4 rings (SSSR count). The second-order valence-corrected chi connectivity index (χ2v) is 8.91. The third-order valence-electron chi connectivity index (χ3n) is 5.84. The third-order valence-corrected chi connectivity index (χ3v) is 6.22. The molecule has 0 aliphatic rings. The maximum atomic E-state index is 13.5. The fourth-order valence-electron chi connectivity index (χ4n) is 4.04. The SMILES string of the molecule is Cc1ccc(C[C@H](CCl)NC(=O)c2c(Oc3cccc(C(F)(F)F)c3)cnc3ccccc23)c(C)c1. The number of para-hydroxylation sites is 1. The average molecular weight is 513 g/mol. The van der Waals surface area contributed by atoms with Crippen LogP contribution in [0.25, 0.3) is 10.9 Å². The summed E-state index contributed by atoms with van der Waals surface area (Å²) in [5.74, 6) is -0.289. The second kappa shape index (κ2) is 10.6. The molecule has 0 spiro atoms. The van der Waals surface area contributed by atoms with Crippen LogP contribution < -0.4 is 10.1 Å². The molecular weight excluding hydrogens is 489 g/mol. The Morgan fingerprint density at radius 2 is 1.83 bits per heavy atom. The van der Waals surface area contributed by atoms with Gasteiger partial charge < -0.3 is 10.1 Å². The van der Waals surface area contributed by atoms with Crippen molar-refractivity contribution in [2.75, 3.05) is 5.88 Å². The van der Waals surface area contributed by atoms with Crippen LogP contribution in [0.4, 0.5) is 13.2 Å². The van der Waals surface area contributed by atoms with E-state index in [1.54, 1.807) is 24.3 Å². The smallest absolute Gasteiger partial charge is 0.416 e. The fourth-order valence-corrected chi connectivity index (χ4v) is 4.23. The highest BCUT2D eigenvalue weighted by atomic mass is 35.5. The van der Waals surface area contributed by atoms with Gasteiger partial charge in [-0.1, -0.05) is 48.0 Å². The standard InChI is InChI=1S/C28H24ClF3N2O2/c1-17-10-11-19(18(2)12-17)13-21(15-29)34-27(35)26-23-8-3-4-9-24(23)33-16-25(26)36-22-7-5-6-20(14-22)28(30,31)32/h3-12,14,16,21H,13,15H2,1-2H3,(H,34,35)/t21-/m1/s1. The van der Waals surface area contributed by atoms with Gasteiger partial charge in [0.25, 0.3) is 5.91 Å². The van der Waals surface area contributed by atoms with Crippen LogP contribution in [0.2, 0.25) is 0 Å². The van der Waals surface area contributed by atoms with Crippen LogP contribution in [-0.4, -0.2) is 22.8 Å². The Hall–Kier alpha value is -3.58. The van der Waals surface area contributed by atoms with E-state index in [4.69, 9.17) is 16.3 Å². The van der Waals surface area contributed by atoms with Gasteiger partial charge in [-0.25, -0.2) is 0 Å². The van der Waals surface area contributed by atoms with Gasteiger partial charge in [-0.2, -0.15) is 13.2 Å². The quantitative estimate of drug-likeness (QED) is 0.265. The molecule has 186 valence electrons. The summed E-state index contributed by atoms with van der Waals surface area (Å²) in [6.07, 6.45) is -2.66. The lowest BCUT2D eigenvalue weighted by Gasteiger charge is -2.20. The van der Waals surface area contributed by atoms with Gasteiger partial charge in [0, 0.05) is 17.3 Å². The van der Waals surface area contributed by atoms with Crippen LogP contribution in [0.3, 0.4) is 0 Å². The van der Waals surface area contributed by atoms with Crippen LogP contribution in [0, 0.1) is 13.8 Å². The summed E-state index contributed by atoms with van der Waals surface area (Å²) in [6, 6.07) is 17.2. The van der Waals surface area contributed by atoms with Gasteiger partial charge in [0.05, 0.1) is 22.8 Å². The Morgan fingerprint density at radius 1 is 1.06 bits per heavy atom. The number of nitrogens with one attached hydrogen (secondary N) is 1. The summed E-state index contributed by atoms with van der Waals surface area (Å²) >= 11 is 6.22. The predicted molar refractivity (Wildman–Crippen MR) is 135 cm³/mol. The Kier molecular flexibility index (Phi) is 7.50. The van der Waals surface area contributed by atoms with Crippen molar-refractivity contribution in [3.05, 3.63) is 101 Å². The number of hydrogen-bond acceptors (Lipinski definition) is 3. The molecule has 8 heteroatoms. The summed E-state index contributed by atoms with van der Waals surface area (Å²) in [4.78, 5) is 17.9. The van der Waals surface area contributed by atoms with E-state index in [0.29, 0.717) is 17.3 Å². The van der Waals surface area contributed by atoms with Crippen molar-refractivity contribution in [3.63, 3.8) is 0 Å². The van der Waals surface area contributed by atoms with E-state index < -0.39 is 17.6 Å². The lowest BCUT2D eigenvalue weighted by atomic mass is 9.99. The number of alkyl halides is 4. The molecule has 4 aromatic rings. The van der Waals surface area contributed by atoms with Crippen molar-refractivity contribution in [1.82, 2.24) is 10.3 Å². The van der Waals surface area contributed by atoms with Crippen molar-refractivity contribution in [1.29, 1.82) is 0 Å². The molecule has 1 N–H and O–H groups in total. The minimum atomic E-state index is -4.52. The van der Waals surface area contributed by atoms with Gasteiger partial charge in [-0.15, -0.1) is 11.6 Å². The number of fused-ring (bicyclic) bond motifs is 1. The monoisotopic (exact) mass is 512 g/mol. The van der Waals surface area contributed by atoms with Crippen LogP contribution in [0.5, 0.6) is 11.5 Å². The Balaban J connectivity index is 1.67. The summed E-state index contributed by atoms with van der Waals surface area (Å²) in [5.41, 5.74) is 3.18. The number of carbonyl (C=O) groups is 1. The van der Waals surface area contributed by atoms with Crippen molar-refractivity contribution in [3.8, 4) is 11.5 Å². The number of rotatable bonds is 7. The van der Waals surface area contributed by atoms with Crippen molar-refractivity contribution < 1.29 is 22.7 Å². The summed E-state index contributed by atoms with van der Waals surface area (Å²) < 4.78 is 45.4. The van der Waals surface area contributed by atoms with Crippen molar-refractivity contribution in [2.45, 2.75) is 32.5 Å². The first-order valence-corrected chi connectivity index (χ1v) is 11.8. The van der Waals surface area contributed by atoms with Crippen LogP contribution >= 0.6 is 11.6 Å². The molecule has 3 aromatic carbocycles. The number of nitrogens with zero attached hydrogens (tertiary/aromatic N) is 1. The molecule has 0 radical (unpaired) electrons. The number of benzene rings is 3. The molecule has 0 aliphatic carbocycles. The van der Waals surface area contributed by atoms with E-state index in [-0.39, 0.29) is 29.0 Å². The van der Waals surface area contributed by atoms with Crippen molar-refractivity contribution in [2.24, 2.45) is 0 Å². The highest BCUT2D eigenvalue weighted by Crippen LogP contribution is 2.35. The minimum Gasteiger partial charge on any atom is -0.455 e. The Morgan fingerprint density at radius 3 is 2.56 bits per heavy atom. The van der Waals surface area contributed by atoms with Gasteiger partial charge in [-0.3, -0.25) is 9.78 Å². The summed E-state index contributed by atoms with van der Waals surface area (Å²) in [5, 5.41) is 3.48. The second-order valence-electron chi connectivity index (χ2n) is 8.60. The molecule has 0 unspecified atom stereocenters. The molecule has 1 atom stereocenters. The zero-order chi connectivity index (χ0) is 25.9. The zero-order valence-electron chi connectivity index (χ0n) is 19.7. The number of pyridine rings is 1. The minimum absolute atomic E-state index is 0.0466. The number of aromatic nitrogens is 1. The van der Waals surface area contributed by atoms with Gasteiger partial charge in [0.1, 0.15) is 5.75 Å². The van der Waals surface area contributed by atoms with E-state index in [1.165, 1.54) is 18.3 Å². The Bertz CT molecular complexity index is 1410. The topological polar surface area (TPSA) is 51.2 Å². The van der Waals surface area contributed by atoms with Gasteiger partial charge in [0.15, 0.2) is 5.75 Å². The number of carbonyl (C=O) groups excluding carboxylic acids is 1. The maximum Gasteiger partial charge on any atom is 0.416 e. The number of hydrogen-bond donors (Lipinski definition) is 1. The predicted octanol–water partition coefficient (Wildman–Crippen LogP) is 7.24. The molecule has 0 fully saturated rings. The van der Waals surface area contributed by atoms with Crippen molar-refractivity contribution >= 4 is 28.4 Å². The maximum absolute atomic E-state index is 13.5. The normalized spacial score (nSPS) is 12.4. The zero-order valence-corrected chi connectivity index (χ0v) is 20.5. The lowest BCUT2D eigenvalue weighted by molar-refractivity contribution is -0.137. The number of ether oxygens (including phenoxy) is 1. The number of halogens is 4.